The Balaban J connectivity index is 2.77. The summed E-state index contributed by atoms with van der Waals surface area (Å²) >= 11 is 1.18. The van der Waals surface area contributed by atoms with E-state index in [1.54, 1.807) is 6.08 Å². The molecule has 0 saturated heterocycles. The van der Waals surface area contributed by atoms with Crippen molar-refractivity contribution in [1.29, 1.82) is 10.5 Å². The molecule has 2 aromatic rings. The summed E-state index contributed by atoms with van der Waals surface area (Å²) in [6, 6.07) is 11.5. The van der Waals surface area contributed by atoms with Crippen LogP contribution in [0.15, 0.2) is 29.1 Å². The fourth-order valence-electron chi connectivity index (χ4n) is 1.93. The van der Waals surface area contributed by atoms with E-state index in [-0.39, 0.29) is 11.1 Å². The van der Waals surface area contributed by atoms with E-state index in [4.69, 9.17) is 10.5 Å². The Bertz CT molecular complexity index is 902. The van der Waals surface area contributed by atoms with E-state index >= 15 is 0 Å². The van der Waals surface area contributed by atoms with Crippen molar-refractivity contribution in [2.45, 2.75) is 20.4 Å². The molecule has 1 aromatic carbocycles. The highest BCUT2D eigenvalue weighted by Gasteiger charge is 2.07. The molecule has 0 radical (unpaired) electrons. The van der Waals surface area contributed by atoms with Gasteiger partial charge in [-0.25, -0.2) is 0 Å². The second-order valence-electron chi connectivity index (χ2n) is 4.47. The van der Waals surface area contributed by atoms with Gasteiger partial charge in [0.05, 0.1) is 4.53 Å². The van der Waals surface area contributed by atoms with E-state index in [1.807, 2.05) is 50.3 Å². The maximum absolute atomic E-state index is 12.3. The number of hydrogen-bond acceptors (Lipinski definition) is 4. The third kappa shape index (κ3) is 2.94. The Labute approximate surface area is 126 Å². The second kappa shape index (κ2) is 6.21. The van der Waals surface area contributed by atoms with Crippen LogP contribution in [0.5, 0.6) is 0 Å². The third-order valence-corrected chi connectivity index (χ3v) is 4.17. The minimum Gasteiger partial charge on any atom is -0.298 e. The topological polar surface area (TPSA) is 69.6 Å². The number of thiazole rings is 1. The Morgan fingerprint density at radius 1 is 1.29 bits per heavy atom. The maximum atomic E-state index is 12.3. The van der Waals surface area contributed by atoms with Crippen LogP contribution in [0.3, 0.4) is 0 Å². The van der Waals surface area contributed by atoms with Crippen molar-refractivity contribution >= 4 is 23.0 Å². The van der Waals surface area contributed by atoms with Crippen molar-refractivity contribution < 1.29 is 0 Å². The van der Waals surface area contributed by atoms with Gasteiger partial charge in [0.2, 0.25) is 0 Å². The number of rotatable bonds is 2. The molecule has 104 valence electrons. The maximum Gasteiger partial charge on any atom is 0.269 e. The van der Waals surface area contributed by atoms with Gasteiger partial charge in [0.25, 0.3) is 5.56 Å². The van der Waals surface area contributed by atoms with Gasteiger partial charge in [-0.15, -0.1) is 11.3 Å². The summed E-state index contributed by atoms with van der Waals surface area (Å²) in [6.45, 7) is 4.25. The van der Waals surface area contributed by atoms with Gasteiger partial charge in [-0.2, -0.15) is 10.5 Å². The minimum atomic E-state index is -0.166. The van der Waals surface area contributed by atoms with Crippen LogP contribution in [0.1, 0.15) is 18.1 Å². The minimum absolute atomic E-state index is 0.0255. The predicted octanol–water partition coefficient (Wildman–Crippen LogP) is 1.26. The highest BCUT2D eigenvalue weighted by molar-refractivity contribution is 7.07. The van der Waals surface area contributed by atoms with Crippen LogP contribution < -0.4 is 14.8 Å². The molecule has 0 unspecified atom stereocenters. The summed E-state index contributed by atoms with van der Waals surface area (Å²) in [6.07, 6.45) is 1.79. The van der Waals surface area contributed by atoms with E-state index in [2.05, 4.69) is 0 Å². The smallest absolute Gasteiger partial charge is 0.269 e. The molecular weight excluding hydrogens is 282 g/mol. The number of aryl methyl sites for hydroxylation is 1. The Kier molecular flexibility index (Phi) is 4.37. The van der Waals surface area contributed by atoms with Crippen LogP contribution in [0.25, 0.3) is 11.6 Å². The van der Waals surface area contributed by atoms with Gasteiger partial charge in [0, 0.05) is 6.54 Å². The first kappa shape index (κ1) is 14.8. The highest BCUT2D eigenvalue weighted by Crippen LogP contribution is 2.03. The third-order valence-electron chi connectivity index (χ3n) is 3.04. The van der Waals surface area contributed by atoms with E-state index in [9.17, 15) is 4.79 Å². The van der Waals surface area contributed by atoms with Gasteiger partial charge in [0.15, 0.2) is 5.57 Å². The van der Waals surface area contributed by atoms with Crippen molar-refractivity contribution in [2.75, 3.05) is 0 Å². The Morgan fingerprint density at radius 2 is 1.90 bits per heavy atom. The van der Waals surface area contributed by atoms with Crippen molar-refractivity contribution in [3.05, 3.63) is 54.9 Å². The lowest BCUT2D eigenvalue weighted by molar-refractivity contribution is 0.722. The summed E-state index contributed by atoms with van der Waals surface area (Å²) in [5.74, 6) is 0. The second-order valence-corrected chi connectivity index (χ2v) is 5.51. The summed E-state index contributed by atoms with van der Waals surface area (Å²) in [4.78, 5) is 12.3. The van der Waals surface area contributed by atoms with E-state index in [0.29, 0.717) is 15.7 Å². The zero-order chi connectivity index (χ0) is 15.4. The molecule has 2 rings (SSSR count). The van der Waals surface area contributed by atoms with Gasteiger partial charge in [-0.3, -0.25) is 9.36 Å². The average molecular weight is 295 g/mol. The molecule has 0 aliphatic carbocycles. The molecule has 0 aliphatic heterocycles. The summed E-state index contributed by atoms with van der Waals surface area (Å²) in [5.41, 5.74) is 1.88. The fourth-order valence-corrected chi connectivity index (χ4v) is 3.04. The Hall–Kier alpha value is -2.63. The number of aromatic nitrogens is 1. The Morgan fingerprint density at radius 3 is 2.43 bits per heavy atom. The number of nitrogens with zero attached hydrogens (tertiary/aromatic N) is 3. The van der Waals surface area contributed by atoms with Crippen molar-refractivity contribution in [3.63, 3.8) is 0 Å². The molecular formula is C16H13N3OS. The molecule has 0 aliphatic rings. The van der Waals surface area contributed by atoms with Crippen LogP contribution in [-0.2, 0) is 6.54 Å². The standard InChI is InChI=1S/C16H13N3OS/c1-3-19-15(20)14(21-16(19)13(9-17)10-18)8-12-6-4-11(2)5-7-12/h4-8H,3H2,1-2H3/b14-8+. The summed E-state index contributed by atoms with van der Waals surface area (Å²) in [7, 11) is 0. The first-order chi connectivity index (χ1) is 10.1. The molecule has 0 fully saturated rings. The van der Waals surface area contributed by atoms with E-state index in [0.717, 1.165) is 11.1 Å². The molecule has 0 amide bonds. The normalized spacial score (nSPS) is 11.0. The first-order valence-corrected chi connectivity index (χ1v) is 7.25. The predicted molar refractivity (Wildman–Crippen MR) is 82.9 cm³/mol. The monoisotopic (exact) mass is 295 g/mol. The molecule has 0 atom stereocenters. The lowest BCUT2D eigenvalue weighted by Gasteiger charge is -1.93. The molecule has 0 saturated carbocycles. The average Bonchev–Trinajstić information content (AvgIpc) is 2.79. The molecule has 0 bridgehead atoms. The molecule has 21 heavy (non-hydrogen) atoms. The van der Waals surface area contributed by atoms with Gasteiger partial charge >= 0.3 is 0 Å². The van der Waals surface area contributed by atoms with Crippen molar-refractivity contribution in [1.82, 2.24) is 4.57 Å². The van der Waals surface area contributed by atoms with Crippen molar-refractivity contribution in [3.8, 4) is 12.1 Å². The van der Waals surface area contributed by atoms with Crippen LogP contribution in [0.2, 0.25) is 0 Å². The zero-order valence-corrected chi connectivity index (χ0v) is 12.6. The number of hydrogen-bond donors (Lipinski definition) is 0. The molecule has 4 nitrogen and oxygen atoms in total. The van der Waals surface area contributed by atoms with Crippen LogP contribution in [0.4, 0.5) is 0 Å². The SMILES string of the molecule is CCn1c(=C(C#N)C#N)s/c(=C/c2ccc(C)cc2)c1=O. The first-order valence-electron chi connectivity index (χ1n) is 6.43. The summed E-state index contributed by atoms with van der Waals surface area (Å²) < 4.78 is 2.41. The lowest BCUT2D eigenvalue weighted by atomic mass is 10.1. The van der Waals surface area contributed by atoms with E-state index < -0.39 is 0 Å². The quantitative estimate of drug-likeness (QED) is 0.837. The largest absolute Gasteiger partial charge is 0.298 e. The molecule has 5 heteroatoms. The van der Waals surface area contributed by atoms with Gasteiger partial charge in [-0.05, 0) is 25.5 Å². The van der Waals surface area contributed by atoms with Crippen LogP contribution in [-0.4, -0.2) is 4.57 Å². The number of nitriles is 2. The van der Waals surface area contributed by atoms with E-state index in [1.165, 1.54) is 15.9 Å². The van der Waals surface area contributed by atoms with Gasteiger partial charge < -0.3 is 0 Å². The summed E-state index contributed by atoms with van der Waals surface area (Å²) in [5, 5.41) is 18.0. The number of benzene rings is 1. The van der Waals surface area contributed by atoms with Gasteiger partial charge in [-0.1, -0.05) is 29.8 Å². The molecule has 1 aromatic heterocycles. The zero-order valence-electron chi connectivity index (χ0n) is 11.8. The van der Waals surface area contributed by atoms with Crippen molar-refractivity contribution in [2.24, 2.45) is 0 Å². The molecule has 1 heterocycles. The van der Waals surface area contributed by atoms with Crippen LogP contribution >= 0.6 is 11.3 Å². The van der Waals surface area contributed by atoms with Crippen LogP contribution in [0, 0.1) is 29.6 Å². The fraction of sp³-hybridized carbons (Fsp3) is 0.188. The lowest BCUT2D eigenvalue weighted by Crippen LogP contribution is -2.31. The van der Waals surface area contributed by atoms with Gasteiger partial charge in [0.1, 0.15) is 16.8 Å². The highest BCUT2D eigenvalue weighted by atomic mass is 32.1. The molecule has 0 N–H and O–H groups in total. The molecule has 0 spiro atoms.